The average molecular weight is 261 g/mol. The fourth-order valence-corrected chi connectivity index (χ4v) is 1.53. The molecule has 1 amide bonds. The van der Waals surface area contributed by atoms with Crippen LogP contribution >= 0.6 is 0 Å². The molecule has 0 unspecified atom stereocenters. The molecule has 0 atom stereocenters. The quantitative estimate of drug-likeness (QED) is 0.608. The monoisotopic (exact) mass is 261 g/mol. The van der Waals surface area contributed by atoms with Crippen LogP contribution in [0.4, 0.5) is 0 Å². The topological polar surface area (TPSA) is 149 Å². The van der Waals surface area contributed by atoms with Gasteiger partial charge in [0.25, 0.3) is 0 Å². The van der Waals surface area contributed by atoms with Crippen molar-refractivity contribution >= 4 is 17.8 Å². The van der Waals surface area contributed by atoms with Crippen LogP contribution in [0.15, 0.2) is 12.2 Å². The summed E-state index contributed by atoms with van der Waals surface area (Å²) in [5.74, 6) is -2.42. The highest BCUT2D eigenvalue weighted by molar-refractivity contribution is 5.89. The number of carboxylic acid groups (broad SMARTS) is 2. The van der Waals surface area contributed by atoms with Gasteiger partial charge in [-0.3, -0.25) is 4.79 Å². The molecule has 0 spiro atoms. The first-order valence-electron chi connectivity index (χ1n) is 5.36. The maximum atomic E-state index is 10.6. The van der Waals surface area contributed by atoms with Gasteiger partial charge in [0.1, 0.15) is 0 Å². The molecule has 18 heavy (non-hydrogen) atoms. The summed E-state index contributed by atoms with van der Waals surface area (Å²) in [6.07, 6.45) is 6.82. The van der Waals surface area contributed by atoms with Gasteiger partial charge in [0.05, 0.1) is 0 Å². The van der Waals surface area contributed by atoms with Crippen LogP contribution < -0.4 is 5.73 Å². The Kier molecular flexibility index (Phi) is 10.5. The second-order valence-electron chi connectivity index (χ2n) is 3.75. The van der Waals surface area contributed by atoms with Crippen molar-refractivity contribution in [3.8, 4) is 0 Å². The second kappa shape index (κ2) is 10.3. The normalized spacial score (nSPS) is 15.1. The van der Waals surface area contributed by atoms with Crippen molar-refractivity contribution in [2.24, 2.45) is 11.7 Å². The van der Waals surface area contributed by atoms with Crippen molar-refractivity contribution in [1.82, 2.24) is 0 Å². The molecule has 0 bridgehead atoms. The van der Waals surface area contributed by atoms with E-state index >= 15 is 0 Å². The molecule has 1 saturated carbocycles. The first kappa shape index (κ1) is 18.5. The summed E-state index contributed by atoms with van der Waals surface area (Å²) in [7, 11) is 0. The molecule has 0 saturated heterocycles. The molecule has 1 fully saturated rings. The Labute approximate surface area is 105 Å². The lowest BCUT2D eigenvalue weighted by Gasteiger charge is -2.17. The summed E-state index contributed by atoms with van der Waals surface area (Å²) in [4.78, 5) is 29.7. The lowest BCUT2D eigenvalue weighted by Crippen LogP contribution is -2.24. The second-order valence-corrected chi connectivity index (χ2v) is 3.75. The van der Waals surface area contributed by atoms with Gasteiger partial charge in [-0.15, -0.1) is 0 Å². The zero-order valence-electron chi connectivity index (χ0n) is 9.96. The minimum atomic E-state index is -1.26. The molecule has 104 valence electrons. The van der Waals surface area contributed by atoms with Crippen LogP contribution in [0.5, 0.6) is 0 Å². The highest BCUT2D eigenvalue weighted by Crippen LogP contribution is 2.22. The maximum Gasteiger partial charge on any atom is 0.328 e. The van der Waals surface area contributed by atoms with E-state index in [2.05, 4.69) is 0 Å². The third-order valence-electron chi connectivity index (χ3n) is 2.38. The highest BCUT2D eigenvalue weighted by atomic mass is 16.4. The molecule has 0 aromatic carbocycles. The summed E-state index contributed by atoms with van der Waals surface area (Å²) in [5.41, 5.74) is 5.13. The van der Waals surface area contributed by atoms with Gasteiger partial charge in [0, 0.05) is 18.1 Å². The largest absolute Gasteiger partial charge is 0.478 e. The maximum absolute atomic E-state index is 10.6. The molecule has 1 rings (SSSR count). The molecule has 1 aliphatic carbocycles. The Hall–Kier alpha value is -1.89. The third-order valence-corrected chi connectivity index (χ3v) is 2.38. The standard InChI is InChI=1S/C7H13NO.C4H4O4.H2O/c8-7(9)6-4-2-1-3-5-6;5-3(6)1-2-4(7)8;/h6H,1-5H2,(H2,8,9);1-2H,(H,5,6)(H,7,8);1H2/b;2-1-;. The number of primary amides is 1. The fourth-order valence-electron chi connectivity index (χ4n) is 1.53. The third kappa shape index (κ3) is 10.6. The van der Waals surface area contributed by atoms with Gasteiger partial charge in [-0.1, -0.05) is 19.3 Å². The summed E-state index contributed by atoms with van der Waals surface area (Å²) >= 11 is 0. The van der Waals surface area contributed by atoms with Gasteiger partial charge < -0.3 is 21.4 Å². The molecular weight excluding hydrogens is 242 g/mol. The van der Waals surface area contributed by atoms with Crippen LogP contribution in [0.25, 0.3) is 0 Å². The van der Waals surface area contributed by atoms with Crippen molar-refractivity contribution in [1.29, 1.82) is 0 Å². The molecule has 0 radical (unpaired) electrons. The molecular formula is C11H19NO6. The summed E-state index contributed by atoms with van der Waals surface area (Å²) in [6, 6.07) is 0. The van der Waals surface area contributed by atoms with Gasteiger partial charge in [0.15, 0.2) is 0 Å². The van der Waals surface area contributed by atoms with Crippen molar-refractivity contribution in [2.75, 3.05) is 0 Å². The SMILES string of the molecule is NC(=O)C1CCCCC1.O.O=C(O)/C=C\C(=O)O. The molecule has 1 aliphatic rings. The summed E-state index contributed by atoms with van der Waals surface area (Å²) in [6.45, 7) is 0. The van der Waals surface area contributed by atoms with E-state index < -0.39 is 11.9 Å². The summed E-state index contributed by atoms with van der Waals surface area (Å²) < 4.78 is 0. The predicted molar refractivity (Wildman–Crippen MR) is 63.8 cm³/mol. The first-order valence-corrected chi connectivity index (χ1v) is 5.36. The van der Waals surface area contributed by atoms with Gasteiger partial charge in [-0.25, -0.2) is 9.59 Å². The number of carbonyl (C=O) groups is 3. The lowest BCUT2D eigenvalue weighted by atomic mass is 9.89. The van der Waals surface area contributed by atoms with E-state index in [1.54, 1.807) is 0 Å². The number of nitrogens with two attached hydrogens (primary N) is 1. The van der Waals surface area contributed by atoms with Crippen LogP contribution in [-0.2, 0) is 14.4 Å². The van der Waals surface area contributed by atoms with E-state index in [0.29, 0.717) is 12.2 Å². The van der Waals surface area contributed by atoms with Crippen LogP contribution in [-0.4, -0.2) is 33.5 Å². The molecule has 0 heterocycles. The van der Waals surface area contributed by atoms with Crippen LogP contribution in [0, 0.1) is 5.92 Å². The van der Waals surface area contributed by atoms with Crippen molar-refractivity contribution < 1.29 is 30.1 Å². The number of hydrogen-bond donors (Lipinski definition) is 3. The Morgan fingerprint density at radius 1 is 0.944 bits per heavy atom. The Bertz CT molecular complexity index is 291. The van der Waals surface area contributed by atoms with Crippen LogP contribution in [0.3, 0.4) is 0 Å². The van der Waals surface area contributed by atoms with E-state index in [4.69, 9.17) is 15.9 Å². The molecule has 0 aliphatic heterocycles. The zero-order chi connectivity index (χ0) is 13.3. The predicted octanol–water partition coefficient (Wildman–Crippen LogP) is -0.0609. The first-order chi connectivity index (χ1) is 7.93. The molecule has 7 nitrogen and oxygen atoms in total. The Morgan fingerprint density at radius 3 is 1.56 bits per heavy atom. The van der Waals surface area contributed by atoms with Crippen LogP contribution in [0.2, 0.25) is 0 Å². The molecule has 0 aromatic heterocycles. The lowest BCUT2D eigenvalue weighted by molar-refractivity contribution is -0.134. The van der Waals surface area contributed by atoms with E-state index in [1.807, 2.05) is 0 Å². The number of rotatable bonds is 3. The highest BCUT2D eigenvalue weighted by Gasteiger charge is 2.17. The smallest absolute Gasteiger partial charge is 0.328 e. The number of amides is 1. The van der Waals surface area contributed by atoms with Crippen molar-refractivity contribution in [3.63, 3.8) is 0 Å². The molecule has 7 heteroatoms. The number of carboxylic acids is 2. The van der Waals surface area contributed by atoms with Crippen molar-refractivity contribution in [2.45, 2.75) is 32.1 Å². The minimum Gasteiger partial charge on any atom is -0.478 e. The molecule has 0 aromatic rings. The van der Waals surface area contributed by atoms with Crippen molar-refractivity contribution in [3.05, 3.63) is 12.2 Å². The minimum absolute atomic E-state index is 0. The number of carbonyl (C=O) groups excluding carboxylic acids is 1. The zero-order valence-corrected chi connectivity index (χ0v) is 9.96. The van der Waals surface area contributed by atoms with E-state index in [0.717, 1.165) is 12.8 Å². The summed E-state index contributed by atoms with van der Waals surface area (Å²) in [5, 5.41) is 15.6. The number of hydrogen-bond acceptors (Lipinski definition) is 3. The van der Waals surface area contributed by atoms with Gasteiger partial charge >= 0.3 is 11.9 Å². The van der Waals surface area contributed by atoms with Gasteiger partial charge in [-0.05, 0) is 12.8 Å². The van der Waals surface area contributed by atoms with E-state index in [9.17, 15) is 14.4 Å². The van der Waals surface area contributed by atoms with E-state index in [1.165, 1.54) is 19.3 Å². The average Bonchev–Trinajstić information content (AvgIpc) is 2.28. The number of aliphatic carboxylic acids is 2. The van der Waals surface area contributed by atoms with Gasteiger partial charge in [0.2, 0.25) is 5.91 Å². The fraction of sp³-hybridized carbons (Fsp3) is 0.545. The molecule has 6 N–H and O–H groups in total. The Morgan fingerprint density at radius 2 is 1.33 bits per heavy atom. The van der Waals surface area contributed by atoms with E-state index in [-0.39, 0.29) is 17.3 Å². The van der Waals surface area contributed by atoms with Gasteiger partial charge in [-0.2, -0.15) is 0 Å². The Balaban J connectivity index is 0. The van der Waals surface area contributed by atoms with Crippen LogP contribution in [0.1, 0.15) is 32.1 Å².